The Morgan fingerprint density at radius 3 is 2.50 bits per heavy atom. The van der Waals surface area contributed by atoms with E-state index in [0.29, 0.717) is 5.69 Å². The van der Waals surface area contributed by atoms with E-state index in [0.717, 1.165) is 5.56 Å². The Morgan fingerprint density at radius 2 is 1.90 bits per heavy atom. The highest BCUT2D eigenvalue weighted by atomic mass is 16.5. The molecule has 1 aromatic carbocycles. The standard InChI is InChI=1S/C16H17NO3/c1-2-20-16(19)15(18)14(12-8-4-3-5-9-12)13-10-6-7-11-17-13/h3-11,14-15,18H,2H2,1H3. The van der Waals surface area contributed by atoms with Crippen molar-refractivity contribution in [2.45, 2.75) is 18.9 Å². The van der Waals surface area contributed by atoms with Crippen molar-refractivity contribution in [3.05, 3.63) is 66.0 Å². The number of rotatable bonds is 5. The van der Waals surface area contributed by atoms with E-state index in [9.17, 15) is 9.90 Å². The van der Waals surface area contributed by atoms with E-state index in [2.05, 4.69) is 4.98 Å². The normalized spacial score (nSPS) is 13.5. The Balaban J connectivity index is 2.37. The first-order valence-corrected chi connectivity index (χ1v) is 6.54. The van der Waals surface area contributed by atoms with Gasteiger partial charge in [0.05, 0.1) is 18.2 Å². The summed E-state index contributed by atoms with van der Waals surface area (Å²) in [7, 11) is 0. The number of benzene rings is 1. The third-order valence-corrected chi connectivity index (χ3v) is 3.01. The molecule has 0 saturated heterocycles. The lowest BCUT2D eigenvalue weighted by Crippen LogP contribution is -2.31. The number of esters is 1. The number of hydrogen-bond donors (Lipinski definition) is 1. The molecular formula is C16H17NO3. The van der Waals surface area contributed by atoms with Crippen molar-refractivity contribution >= 4 is 5.97 Å². The van der Waals surface area contributed by atoms with Gasteiger partial charge in [-0.2, -0.15) is 0 Å². The number of aromatic nitrogens is 1. The molecule has 20 heavy (non-hydrogen) atoms. The molecule has 0 saturated carbocycles. The van der Waals surface area contributed by atoms with Gasteiger partial charge in [0.1, 0.15) is 0 Å². The molecule has 0 spiro atoms. The van der Waals surface area contributed by atoms with Gasteiger partial charge in [0.25, 0.3) is 0 Å². The number of carbonyl (C=O) groups excluding carboxylic acids is 1. The number of hydrogen-bond acceptors (Lipinski definition) is 4. The van der Waals surface area contributed by atoms with Crippen LogP contribution < -0.4 is 0 Å². The Morgan fingerprint density at radius 1 is 1.20 bits per heavy atom. The summed E-state index contributed by atoms with van der Waals surface area (Å²) in [6, 6.07) is 14.8. The van der Waals surface area contributed by atoms with Crippen LogP contribution in [0.15, 0.2) is 54.7 Å². The summed E-state index contributed by atoms with van der Waals surface area (Å²) in [5.74, 6) is -1.16. The molecule has 0 aliphatic heterocycles. The number of carbonyl (C=O) groups is 1. The molecule has 0 fully saturated rings. The largest absolute Gasteiger partial charge is 0.464 e. The van der Waals surface area contributed by atoms with Gasteiger partial charge in [-0.05, 0) is 24.6 Å². The Hall–Kier alpha value is -2.20. The summed E-state index contributed by atoms with van der Waals surface area (Å²) < 4.78 is 4.91. The van der Waals surface area contributed by atoms with Crippen LogP contribution in [0.4, 0.5) is 0 Å². The first kappa shape index (κ1) is 14.2. The molecule has 2 aromatic rings. The minimum atomic E-state index is -1.27. The van der Waals surface area contributed by atoms with E-state index in [-0.39, 0.29) is 6.61 Å². The van der Waals surface area contributed by atoms with Crippen LogP contribution >= 0.6 is 0 Å². The summed E-state index contributed by atoms with van der Waals surface area (Å²) >= 11 is 0. The van der Waals surface area contributed by atoms with Crippen molar-refractivity contribution in [2.75, 3.05) is 6.61 Å². The fourth-order valence-electron chi connectivity index (χ4n) is 2.10. The quantitative estimate of drug-likeness (QED) is 0.846. The van der Waals surface area contributed by atoms with Gasteiger partial charge in [-0.1, -0.05) is 36.4 Å². The maximum Gasteiger partial charge on any atom is 0.336 e. The van der Waals surface area contributed by atoms with Crippen LogP contribution in [0.3, 0.4) is 0 Å². The minimum absolute atomic E-state index is 0.236. The highest BCUT2D eigenvalue weighted by Crippen LogP contribution is 2.27. The maximum absolute atomic E-state index is 11.8. The molecule has 0 amide bonds. The van der Waals surface area contributed by atoms with E-state index in [1.165, 1.54) is 0 Å². The van der Waals surface area contributed by atoms with Gasteiger partial charge < -0.3 is 9.84 Å². The SMILES string of the molecule is CCOC(=O)C(O)C(c1ccccc1)c1ccccn1. The highest BCUT2D eigenvalue weighted by Gasteiger charge is 2.30. The van der Waals surface area contributed by atoms with Crippen LogP contribution in [0, 0.1) is 0 Å². The zero-order valence-corrected chi connectivity index (χ0v) is 11.3. The molecule has 4 heteroatoms. The van der Waals surface area contributed by atoms with E-state index in [4.69, 9.17) is 4.74 Å². The third-order valence-electron chi connectivity index (χ3n) is 3.01. The van der Waals surface area contributed by atoms with Crippen molar-refractivity contribution in [1.29, 1.82) is 0 Å². The number of aliphatic hydroxyl groups excluding tert-OH is 1. The Kier molecular flexibility index (Phi) is 4.85. The second-order valence-corrected chi connectivity index (χ2v) is 4.34. The molecule has 2 unspecified atom stereocenters. The predicted molar refractivity (Wildman–Crippen MR) is 75.2 cm³/mol. The average molecular weight is 271 g/mol. The summed E-state index contributed by atoms with van der Waals surface area (Å²) in [5.41, 5.74) is 1.46. The first-order chi connectivity index (χ1) is 9.74. The molecule has 1 aromatic heterocycles. The van der Waals surface area contributed by atoms with Crippen molar-refractivity contribution in [2.24, 2.45) is 0 Å². The third kappa shape index (κ3) is 3.22. The second-order valence-electron chi connectivity index (χ2n) is 4.34. The zero-order valence-electron chi connectivity index (χ0n) is 11.3. The zero-order chi connectivity index (χ0) is 14.4. The number of ether oxygens (including phenoxy) is 1. The fourth-order valence-corrected chi connectivity index (χ4v) is 2.10. The molecule has 0 radical (unpaired) electrons. The van der Waals surface area contributed by atoms with Crippen LogP contribution in [-0.4, -0.2) is 28.8 Å². The number of aliphatic hydroxyl groups is 1. The van der Waals surface area contributed by atoms with Crippen LogP contribution in [0.5, 0.6) is 0 Å². The topological polar surface area (TPSA) is 59.4 Å². The molecular weight excluding hydrogens is 254 g/mol. The van der Waals surface area contributed by atoms with Gasteiger partial charge in [-0.3, -0.25) is 4.98 Å². The smallest absolute Gasteiger partial charge is 0.336 e. The molecule has 2 rings (SSSR count). The van der Waals surface area contributed by atoms with E-state index in [1.54, 1.807) is 25.3 Å². The van der Waals surface area contributed by atoms with Crippen molar-refractivity contribution in [3.8, 4) is 0 Å². The second kappa shape index (κ2) is 6.82. The van der Waals surface area contributed by atoms with Crippen molar-refractivity contribution in [3.63, 3.8) is 0 Å². The van der Waals surface area contributed by atoms with Gasteiger partial charge in [0.15, 0.2) is 6.10 Å². The van der Waals surface area contributed by atoms with Crippen LogP contribution in [0.1, 0.15) is 24.1 Å². The molecule has 4 nitrogen and oxygen atoms in total. The van der Waals surface area contributed by atoms with Gasteiger partial charge in [0, 0.05) is 6.20 Å². The Labute approximate surface area is 118 Å². The summed E-state index contributed by atoms with van der Waals surface area (Å²) in [6.45, 7) is 1.95. The average Bonchev–Trinajstić information content (AvgIpc) is 2.50. The van der Waals surface area contributed by atoms with Crippen LogP contribution in [-0.2, 0) is 9.53 Å². The maximum atomic E-state index is 11.8. The molecule has 2 atom stereocenters. The van der Waals surface area contributed by atoms with E-state index in [1.807, 2.05) is 36.4 Å². The lowest BCUT2D eigenvalue weighted by atomic mass is 9.90. The monoisotopic (exact) mass is 271 g/mol. The molecule has 1 N–H and O–H groups in total. The van der Waals surface area contributed by atoms with E-state index >= 15 is 0 Å². The molecule has 0 bridgehead atoms. The highest BCUT2D eigenvalue weighted by molar-refractivity contribution is 5.76. The van der Waals surface area contributed by atoms with Gasteiger partial charge in [-0.25, -0.2) is 4.79 Å². The predicted octanol–water partition coefficient (Wildman–Crippen LogP) is 2.14. The summed E-state index contributed by atoms with van der Waals surface area (Å²) in [5, 5.41) is 10.3. The van der Waals surface area contributed by atoms with Crippen LogP contribution in [0.2, 0.25) is 0 Å². The molecule has 104 valence electrons. The number of pyridine rings is 1. The molecule has 1 heterocycles. The fraction of sp³-hybridized carbons (Fsp3) is 0.250. The van der Waals surface area contributed by atoms with Crippen molar-refractivity contribution in [1.82, 2.24) is 4.98 Å². The molecule has 0 aliphatic rings. The lowest BCUT2D eigenvalue weighted by Gasteiger charge is -2.21. The summed E-state index contributed by atoms with van der Waals surface area (Å²) in [4.78, 5) is 16.1. The minimum Gasteiger partial charge on any atom is -0.464 e. The van der Waals surface area contributed by atoms with E-state index < -0.39 is 18.0 Å². The summed E-state index contributed by atoms with van der Waals surface area (Å²) in [6.07, 6.45) is 0.371. The van der Waals surface area contributed by atoms with Crippen LogP contribution in [0.25, 0.3) is 0 Å². The van der Waals surface area contributed by atoms with Crippen molar-refractivity contribution < 1.29 is 14.6 Å². The lowest BCUT2D eigenvalue weighted by molar-refractivity contribution is -0.153. The van der Waals surface area contributed by atoms with Gasteiger partial charge in [0.2, 0.25) is 0 Å². The first-order valence-electron chi connectivity index (χ1n) is 6.54. The van der Waals surface area contributed by atoms with Gasteiger partial charge >= 0.3 is 5.97 Å². The molecule has 0 aliphatic carbocycles. The Bertz CT molecular complexity index is 503. The number of nitrogens with zero attached hydrogens (tertiary/aromatic N) is 1. The van der Waals surface area contributed by atoms with Gasteiger partial charge in [-0.15, -0.1) is 0 Å².